The zero-order chi connectivity index (χ0) is 7.61. The SMILES string of the molecule is CCC(C)CC1(CO)CC1. The molecule has 0 saturated heterocycles. The average Bonchev–Trinajstić information content (AvgIpc) is 2.70. The van der Waals surface area contributed by atoms with Gasteiger partial charge < -0.3 is 5.11 Å². The Labute approximate surface area is 63.4 Å². The fourth-order valence-electron chi connectivity index (χ4n) is 1.49. The Bertz CT molecular complexity index is 105. The highest BCUT2D eigenvalue weighted by Gasteiger charge is 2.42. The number of hydrogen-bond donors (Lipinski definition) is 1. The van der Waals surface area contributed by atoms with Gasteiger partial charge in [0.25, 0.3) is 0 Å². The van der Waals surface area contributed by atoms with E-state index in [9.17, 15) is 0 Å². The lowest BCUT2D eigenvalue weighted by Gasteiger charge is -2.15. The molecule has 1 unspecified atom stereocenters. The second-order valence-electron chi connectivity index (χ2n) is 3.88. The summed E-state index contributed by atoms with van der Waals surface area (Å²) < 4.78 is 0. The smallest absolute Gasteiger partial charge is 0.0487 e. The average molecular weight is 142 g/mol. The highest BCUT2D eigenvalue weighted by molar-refractivity contribution is 4.93. The van der Waals surface area contributed by atoms with Gasteiger partial charge in [0.05, 0.1) is 0 Å². The fraction of sp³-hybridized carbons (Fsp3) is 1.00. The third kappa shape index (κ3) is 1.72. The van der Waals surface area contributed by atoms with Gasteiger partial charge in [-0.3, -0.25) is 0 Å². The molecule has 0 aliphatic heterocycles. The summed E-state index contributed by atoms with van der Waals surface area (Å²) in [6.07, 6.45) is 5.00. The number of rotatable bonds is 4. The van der Waals surface area contributed by atoms with Crippen molar-refractivity contribution in [3.05, 3.63) is 0 Å². The van der Waals surface area contributed by atoms with Gasteiger partial charge in [-0.2, -0.15) is 0 Å². The van der Waals surface area contributed by atoms with Crippen LogP contribution in [0.5, 0.6) is 0 Å². The molecule has 0 amide bonds. The first-order valence-corrected chi connectivity index (χ1v) is 4.33. The molecule has 0 radical (unpaired) electrons. The Hall–Kier alpha value is -0.0400. The third-order valence-corrected chi connectivity index (χ3v) is 2.77. The Morgan fingerprint density at radius 3 is 2.40 bits per heavy atom. The maximum Gasteiger partial charge on any atom is 0.0487 e. The highest BCUT2D eigenvalue weighted by atomic mass is 16.3. The first-order valence-electron chi connectivity index (χ1n) is 4.33. The zero-order valence-electron chi connectivity index (χ0n) is 7.06. The van der Waals surface area contributed by atoms with Crippen LogP contribution in [0.1, 0.15) is 39.5 Å². The van der Waals surface area contributed by atoms with E-state index in [1.54, 1.807) is 0 Å². The van der Waals surface area contributed by atoms with Crippen LogP contribution in [0, 0.1) is 11.3 Å². The third-order valence-electron chi connectivity index (χ3n) is 2.77. The van der Waals surface area contributed by atoms with Crippen molar-refractivity contribution in [3.8, 4) is 0 Å². The molecule has 0 aromatic heterocycles. The summed E-state index contributed by atoms with van der Waals surface area (Å²) in [6.45, 7) is 4.91. The van der Waals surface area contributed by atoms with E-state index in [0.29, 0.717) is 12.0 Å². The van der Waals surface area contributed by atoms with Gasteiger partial charge >= 0.3 is 0 Å². The van der Waals surface area contributed by atoms with Gasteiger partial charge in [-0.25, -0.2) is 0 Å². The molecule has 10 heavy (non-hydrogen) atoms. The predicted octanol–water partition coefficient (Wildman–Crippen LogP) is 2.20. The van der Waals surface area contributed by atoms with Crippen molar-refractivity contribution < 1.29 is 5.11 Å². The van der Waals surface area contributed by atoms with Crippen LogP contribution in [-0.2, 0) is 0 Å². The molecule has 0 aromatic carbocycles. The summed E-state index contributed by atoms with van der Waals surface area (Å²) in [6, 6.07) is 0. The molecule has 1 saturated carbocycles. The van der Waals surface area contributed by atoms with Crippen molar-refractivity contribution in [3.63, 3.8) is 0 Å². The minimum atomic E-state index is 0.370. The van der Waals surface area contributed by atoms with Crippen LogP contribution in [0.4, 0.5) is 0 Å². The normalized spacial score (nSPS) is 24.3. The molecule has 1 nitrogen and oxygen atoms in total. The predicted molar refractivity (Wildman–Crippen MR) is 42.8 cm³/mol. The Kier molecular flexibility index (Phi) is 2.35. The van der Waals surface area contributed by atoms with Crippen LogP contribution in [0.3, 0.4) is 0 Å². The van der Waals surface area contributed by atoms with Gasteiger partial charge in [0.15, 0.2) is 0 Å². The highest BCUT2D eigenvalue weighted by Crippen LogP contribution is 2.50. The molecule has 0 heterocycles. The lowest BCUT2D eigenvalue weighted by Crippen LogP contribution is -2.10. The van der Waals surface area contributed by atoms with Gasteiger partial charge in [0.1, 0.15) is 0 Å². The van der Waals surface area contributed by atoms with Crippen LogP contribution >= 0.6 is 0 Å². The van der Waals surface area contributed by atoms with Gasteiger partial charge in [-0.1, -0.05) is 20.3 Å². The fourth-order valence-corrected chi connectivity index (χ4v) is 1.49. The number of aliphatic hydroxyl groups excluding tert-OH is 1. The van der Waals surface area contributed by atoms with E-state index < -0.39 is 0 Å². The second-order valence-corrected chi connectivity index (χ2v) is 3.88. The molecular weight excluding hydrogens is 124 g/mol. The van der Waals surface area contributed by atoms with Gasteiger partial charge in [-0.05, 0) is 30.6 Å². The first kappa shape index (κ1) is 8.06. The quantitative estimate of drug-likeness (QED) is 0.638. The summed E-state index contributed by atoms with van der Waals surface area (Å²) in [5.74, 6) is 0.801. The monoisotopic (exact) mass is 142 g/mol. The van der Waals surface area contributed by atoms with Crippen LogP contribution in [0.2, 0.25) is 0 Å². The van der Waals surface area contributed by atoms with Crippen molar-refractivity contribution in [2.45, 2.75) is 39.5 Å². The summed E-state index contributed by atoms with van der Waals surface area (Å²) in [7, 11) is 0. The van der Waals surface area contributed by atoms with Crippen molar-refractivity contribution in [1.82, 2.24) is 0 Å². The molecule has 1 aliphatic carbocycles. The van der Waals surface area contributed by atoms with Crippen molar-refractivity contribution in [2.75, 3.05) is 6.61 Å². The molecule has 1 atom stereocenters. The Balaban J connectivity index is 2.23. The van der Waals surface area contributed by atoms with Crippen molar-refractivity contribution in [1.29, 1.82) is 0 Å². The molecule has 60 valence electrons. The molecule has 1 N–H and O–H groups in total. The molecule has 0 bridgehead atoms. The molecular formula is C9H18O. The van der Waals surface area contributed by atoms with Crippen LogP contribution in [0.15, 0.2) is 0 Å². The van der Waals surface area contributed by atoms with Crippen molar-refractivity contribution in [2.24, 2.45) is 11.3 Å². The van der Waals surface area contributed by atoms with E-state index in [1.165, 1.54) is 25.7 Å². The summed E-state index contributed by atoms with van der Waals surface area (Å²) in [5, 5.41) is 9.00. The summed E-state index contributed by atoms with van der Waals surface area (Å²) in [5.41, 5.74) is 0.370. The molecule has 1 rings (SSSR count). The standard InChI is InChI=1S/C9H18O/c1-3-8(2)6-9(7-10)4-5-9/h8,10H,3-7H2,1-2H3. The minimum Gasteiger partial charge on any atom is -0.396 e. The summed E-state index contributed by atoms with van der Waals surface area (Å²) >= 11 is 0. The van der Waals surface area contributed by atoms with E-state index >= 15 is 0 Å². The van der Waals surface area contributed by atoms with Crippen molar-refractivity contribution >= 4 is 0 Å². The van der Waals surface area contributed by atoms with E-state index in [4.69, 9.17) is 5.11 Å². The molecule has 1 fully saturated rings. The largest absolute Gasteiger partial charge is 0.396 e. The lowest BCUT2D eigenvalue weighted by molar-refractivity contribution is 0.185. The summed E-state index contributed by atoms with van der Waals surface area (Å²) in [4.78, 5) is 0. The van der Waals surface area contributed by atoms with Crippen LogP contribution < -0.4 is 0 Å². The zero-order valence-corrected chi connectivity index (χ0v) is 7.06. The van der Waals surface area contributed by atoms with Gasteiger partial charge in [-0.15, -0.1) is 0 Å². The minimum absolute atomic E-state index is 0.370. The Morgan fingerprint density at radius 2 is 2.10 bits per heavy atom. The topological polar surface area (TPSA) is 20.2 Å². The second kappa shape index (κ2) is 2.91. The molecule has 1 heteroatoms. The van der Waals surface area contributed by atoms with E-state index in [-0.39, 0.29) is 0 Å². The van der Waals surface area contributed by atoms with Gasteiger partial charge in [0.2, 0.25) is 0 Å². The first-order chi connectivity index (χ1) is 4.72. The maximum absolute atomic E-state index is 9.00. The molecule has 0 spiro atoms. The van der Waals surface area contributed by atoms with Crippen LogP contribution in [-0.4, -0.2) is 11.7 Å². The van der Waals surface area contributed by atoms with Crippen LogP contribution in [0.25, 0.3) is 0 Å². The number of aliphatic hydroxyl groups is 1. The maximum atomic E-state index is 9.00. The van der Waals surface area contributed by atoms with E-state index in [0.717, 1.165) is 5.92 Å². The molecule has 1 aliphatic rings. The molecule has 0 aromatic rings. The lowest BCUT2D eigenvalue weighted by atomic mass is 9.92. The van der Waals surface area contributed by atoms with E-state index in [1.807, 2.05) is 0 Å². The number of hydrogen-bond acceptors (Lipinski definition) is 1. The van der Waals surface area contributed by atoms with E-state index in [2.05, 4.69) is 13.8 Å². The Morgan fingerprint density at radius 1 is 1.50 bits per heavy atom. The van der Waals surface area contributed by atoms with Gasteiger partial charge in [0, 0.05) is 6.61 Å².